The Morgan fingerprint density at radius 2 is 2.12 bits per heavy atom. The van der Waals surface area contributed by atoms with Crippen LogP contribution in [0.1, 0.15) is 32.1 Å². The number of carbonyl (C=O) groups is 2. The molecular weight excluding hydrogens is 206 g/mol. The molecule has 2 amide bonds. The Kier molecular flexibility index (Phi) is 2.88. The molecule has 0 spiro atoms. The van der Waals surface area contributed by atoms with Crippen LogP contribution in [-0.2, 0) is 9.59 Å². The largest absolute Gasteiger partial charge is 0.349 e. The smallest absolute Gasteiger partial charge is 0.240 e. The van der Waals surface area contributed by atoms with Gasteiger partial charge in [-0.05, 0) is 12.8 Å². The minimum atomic E-state index is -0.690. The van der Waals surface area contributed by atoms with E-state index in [1.807, 2.05) is 0 Å². The van der Waals surface area contributed by atoms with E-state index in [4.69, 9.17) is 5.73 Å². The Bertz CT molecular complexity index is 310. The van der Waals surface area contributed by atoms with Gasteiger partial charge in [-0.1, -0.05) is 12.8 Å². The summed E-state index contributed by atoms with van der Waals surface area (Å²) in [5, 5.41) is 2.90. The van der Waals surface area contributed by atoms with Crippen LogP contribution in [-0.4, -0.2) is 41.9 Å². The second kappa shape index (κ2) is 4.05. The molecule has 0 aromatic rings. The van der Waals surface area contributed by atoms with Crippen LogP contribution in [0.3, 0.4) is 0 Å². The van der Waals surface area contributed by atoms with Crippen LogP contribution in [0.25, 0.3) is 0 Å². The lowest BCUT2D eigenvalue weighted by Gasteiger charge is -2.24. The van der Waals surface area contributed by atoms with Crippen molar-refractivity contribution in [2.45, 2.75) is 43.7 Å². The molecule has 5 heteroatoms. The molecule has 2 rings (SSSR count). The first-order chi connectivity index (χ1) is 7.51. The number of amides is 2. The van der Waals surface area contributed by atoms with Gasteiger partial charge in [-0.3, -0.25) is 9.59 Å². The average molecular weight is 225 g/mol. The van der Waals surface area contributed by atoms with E-state index in [1.54, 1.807) is 11.9 Å². The highest BCUT2D eigenvalue weighted by Gasteiger charge is 2.39. The summed E-state index contributed by atoms with van der Waals surface area (Å²) in [4.78, 5) is 24.9. The van der Waals surface area contributed by atoms with E-state index in [0.717, 1.165) is 25.7 Å². The molecule has 0 radical (unpaired) electrons. The third-order valence-corrected chi connectivity index (χ3v) is 3.62. The van der Waals surface area contributed by atoms with Crippen LogP contribution >= 0.6 is 0 Å². The van der Waals surface area contributed by atoms with Crippen molar-refractivity contribution >= 4 is 11.8 Å². The van der Waals surface area contributed by atoms with Crippen molar-refractivity contribution < 1.29 is 9.59 Å². The Morgan fingerprint density at radius 3 is 2.62 bits per heavy atom. The van der Waals surface area contributed by atoms with E-state index in [2.05, 4.69) is 5.32 Å². The number of likely N-dealkylation sites (N-methyl/N-ethyl adjacent to an activating group) is 1. The molecule has 1 aliphatic heterocycles. The lowest BCUT2D eigenvalue weighted by Crippen LogP contribution is -2.54. The van der Waals surface area contributed by atoms with Crippen molar-refractivity contribution in [2.24, 2.45) is 5.73 Å². The van der Waals surface area contributed by atoms with Crippen molar-refractivity contribution in [1.29, 1.82) is 0 Å². The van der Waals surface area contributed by atoms with E-state index < -0.39 is 5.54 Å². The second-order valence-corrected chi connectivity index (χ2v) is 5.01. The maximum Gasteiger partial charge on any atom is 0.240 e. The minimum Gasteiger partial charge on any atom is -0.349 e. The molecule has 3 N–H and O–H groups in total. The van der Waals surface area contributed by atoms with Gasteiger partial charge in [0.2, 0.25) is 11.8 Å². The van der Waals surface area contributed by atoms with Crippen LogP contribution in [0.5, 0.6) is 0 Å². The highest BCUT2D eigenvalue weighted by Crippen LogP contribution is 2.27. The SMILES string of the molecule is CN1CC(NC(=O)C2(N)CCCC2)CC1=O. The predicted molar refractivity (Wildman–Crippen MR) is 59.6 cm³/mol. The average Bonchev–Trinajstić information content (AvgIpc) is 2.76. The van der Waals surface area contributed by atoms with Gasteiger partial charge in [0.1, 0.15) is 0 Å². The molecule has 2 aliphatic rings. The molecule has 0 aromatic carbocycles. The third-order valence-electron chi connectivity index (χ3n) is 3.62. The molecule has 2 fully saturated rings. The van der Waals surface area contributed by atoms with Gasteiger partial charge >= 0.3 is 0 Å². The zero-order chi connectivity index (χ0) is 11.8. The van der Waals surface area contributed by atoms with Crippen LogP contribution in [0.2, 0.25) is 0 Å². The third kappa shape index (κ3) is 2.04. The van der Waals surface area contributed by atoms with Crippen molar-refractivity contribution in [3.05, 3.63) is 0 Å². The molecule has 1 saturated heterocycles. The molecule has 1 atom stereocenters. The number of nitrogens with one attached hydrogen (secondary N) is 1. The maximum atomic E-state index is 12.0. The number of likely N-dealkylation sites (tertiary alicyclic amines) is 1. The van der Waals surface area contributed by atoms with E-state index in [9.17, 15) is 9.59 Å². The molecule has 5 nitrogen and oxygen atoms in total. The molecule has 16 heavy (non-hydrogen) atoms. The summed E-state index contributed by atoms with van der Waals surface area (Å²) < 4.78 is 0. The molecule has 0 aromatic heterocycles. The van der Waals surface area contributed by atoms with Crippen LogP contribution in [0.15, 0.2) is 0 Å². The second-order valence-electron chi connectivity index (χ2n) is 5.01. The van der Waals surface area contributed by atoms with Gasteiger partial charge in [0.15, 0.2) is 0 Å². The summed E-state index contributed by atoms with van der Waals surface area (Å²) in [5.74, 6) is 0.000827. The van der Waals surface area contributed by atoms with Gasteiger partial charge in [0.25, 0.3) is 0 Å². The number of nitrogens with zero attached hydrogens (tertiary/aromatic N) is 1. The Balaban J connectivity index is 1.90. The fraction of sp³-hybridized carbons (Fsp3) is 0.818. The Morgan fingerprint density at radius 1 is 1.50 bits per heavy atom. The van der Waals surface area contributed by atoms with Gasteiger partial charge in [-0.25, -0.2) is 0 Å². The Labute approximate surface area is 95.3 Å². The maximum absolute atomic E-state index is 12.0. The summed E-state index contributed by atoms with van der Waals surface area (Å²) >= 11 is 0. The Hall–Kier alpha value is -1.10. The quantitative estimate of drug-likeness (QED) is 0.671. The van der Waals surface area contributed by atoms with Gasteiger partial charge in [0, 0.05) is 20.0 Å². The molecular formula is C11H19N3O2. The number of hydrogen-bond donors (Lipinski definition) is 2. The molecule has 1 aliphatic carbocycles. The number of rotatable bonds is 2. The standard InChI is InChI=1S/C11H19N3O2/c1-14-7-8(6-9(14)15)13-10(16)11(12)4-2-3-5-11/h8H,2-7,12H2,1H3,(H,13,16). The fourth-order valence-corrected chi connectivity index (χ4v) is 2.52. The summed E-state index contributed by atoms with van der Waals surface area (Å²) in [6.45, 7) is 0.598. The first kappa shape index (κ1) is 11.4. The van der Waals surface area contributed by atoms with Crippen LogP contribution in [0.4, 0.5) is 0 Å². The molecule has 90 valence electrons. The predicted octanol–water partition coefficient (Wildman–Crippen LogP) is -0.395. The van der Waals surface area contributed by atoms with E-state index in [-0.39, 0.29) is 17.9 Å². The number of nitrogens with two attached hydrogens (primary N) is 1. The summed E-state index contributed by atoms with van der Waals surface area (Å²) in [5.41, 5.74) is 5.35. The molecule has 1 unspecified atom stereocenters. The minimum absolute atomic E-state index is 0.0639. The highest BCUT2D eigenvalue weighted by molar-refractivity contribution is 5.88. The first-order valence-corrected chi connectivity index (χ1v) is 5.85. The molecule has 0 bridgehead atoms. The highest BCUT2D eigenvalue weighted by atomic mass is 16.2. The van der Waals surface area contributed by atoms with Gasteiger partial charge in [-0.15, -0.1) is 0 Å². The zero-order valence-corrected chi connectivity index (χ0v) is 9.66. The fourth-order valence-electron chi connectivity index (χ4n) is 2.52. The van der Waals surface area contributed by atoms with Crippen molar-refractivity contribution in [2.75, 3.05) is 13.6 Å². The van der Waals surface area contributed by atoms with Gasteiger partial charge in [-0.2, -0.15) is 0 Å². The molecule has 1 heterocycles. The molecule has 1 saturated carbocycles. The van der Waals surface area contributed by atoms with Gasteiger partial charge < -0.3 is 16.0 Å². The lowest BCUT2D eigenvalue weighted by molar-refractivity contribution is -0.126. The van der Waals surface area contributed by atoms with Crippen molar-refractivity contribution in [3.8, 4) is 0 Å². The summed E-state index contributed by atoms with van der Waals surface area (Å²) in [6.07, 6.45) is 3.96. The summed E-state index contributed by atoms with van der Waals surface area (Å²) in [7, 11) is 1.75. The van der Waals surface area contributed by atoms with Crippen molar-refractivity contribution in [3.63, 3.8) is 0 Å². The number of carbonyl (C=O) groups excluding carboxylic acids is 2. The van der Waals surface area contributed by atoms with Crippen LogP contribution in [0, 0.1) is 0 Å². The zero-order valence-electron chi connectivity index (χ0n) is 9.66. The monoisotopic (exact) mass is 225 g/mol. The first-order valence-electron chi connectivity index (χ1n) is 5.85. The van der Waals surface area contributed by atoms with E-state index in [1.165, 1.54) is 0 Å². The van der Waals surface area contributed by atoms with Crippen LogP contribution < -0.4 is 11.1 Å². The summed E-state index contributed by atoms with van der Waals surface area (Å²) in [6, 6.07) is -0.0639. The number of hydrogen-bond acceptors (Lipinski definition) is 3. The van der Waals surface area contributed by atoms with Crippen molar-refractivity contribution in [1.82, 2.24) is 10.2 Å². The lowest BCUT2D eigenvalue weighted by atomic mass is 9.97. The van der Waals surface area contributed by atoms with E-state index in [0.29, 0.717) is 13.0 Å². The van der Waals surface area contributed by atoms with Gasteiger partial charge in [0.05, 0.1) is 11.6 Å². The van der Waals surface area contributed by atoms with E-state index >= 15 is 0 Å². The normalized spacial score (nSPS) is 28.5. The topological polar surface area (TPSA) is 75.4 Å².